The molecule has 0 saturated heterocycles. The molecule has 1 N–H and O–H groups in total. The normalized spacial score (nSPS) is 11.3. The topological polar surface area (TPSA) is 42.0 Å². The predicted molar refractivity (Wildman–Crippen MR) is 81.1 cm³/mol. The zero-order valence-electron chi connectivity index (χ0n) is 10.8. The fourth-order valence-electron chi connectivity index (χ4n) is 1.68. The van der Waals surface area contributed by atoms with Crippen LogP contribution in [0.5, 0.6) is 0 Å². The number of nitrogens with one attached hydrogen (secondary N) is 1. The summed E-state index contributed by atoms with van der Waals surface area (Å²) >= 11 is 1.94. The summed E-state index contributed by atoms with van der Waals surface area (Å²) in [5.41, 5.74) is 0.262. The lowest BCUT2D eigenvalue weighted by Gasteiger charge is -2.13. The van der Waals surface area contributed by atoms with Gasteiger partial charge in [-0.1, -0.05) is 6.07 Å². The smallest absolute Gasteiger partial charge is 0.322 e. The molecule has 0 spiro atoms. The van der Waals surface area contributed by atoms with Crippen molar-refractivity contribution in [2.24, 2.45) is 0 Å². The van der Waals surface area contributed by atoms with E-state index in [4.69, 9.17) is 0 Å². The van der Waals surface area contributed by atoms with E-state index in [1.165, 1.54) is 24.5 Å². The standard InChI is InChI=1S/C14H10F3IN2O/c1-8-2-3-9(14(15,16)17)6-12(8)20-13(21)10-4-5-19-7-11(10)18/h2-7H,1H3,(H,20,21). The monoisotopic (exact) mass is 406 g/mol. The van der Waals surface area contributed by atoms with Gasteiger partial charge in [0.2, 0.25) is 0 Å². The largest absolute Gasteiger partial charge is 0.416 e. The van der Waals surface area contributed by atoms with Gasteiger partial charge < -0.3 is 5.32 Å². The Morgan fingerprint density at radius 2 is 2.00 bits per heavy atom. The average Bonchev–Trinajstić information content (AvgIpc) is 2.40. The van der Waals surface area contributed by atoms with E-state index in [-0.39, 0.29) is 5.69 Å². The van der Waals surface area contributed by atoms with Gasteiger partial charge in [0, 0.05) is 21.7 Å². The van der Waals surface area contributed by atoms with E-state index in [0.717, 1.165) is 12.1 Å². The third kappa shape index (κ3) is 3.72. The van der Waals surface area contributed by atoms with Crippen molar-refractivity contribution >= 4 is 34.2 Å². The molecule has 1 aromatic heterocycles. The van der Waals surface area contributed by atoms with Crippen molar-refractivity contribution in [2.45, 2.75) is 13.1 Å². The van der Waals surface area contributed by atoms with Crippen LogP contribution in [0.25, 0.3) is 0 Å². The molecular weight excluding hydrogens is 396 g/mol. The summed E-state index contributed by atoms with van der Waals surface area (Å²) in [4.78, 5) is 16.0. The van der Waals surface area contributed by atoms with Gasteiger partial charge in [-0.2, -0.15) is 13.2 Å². The van der Waals surface area contributed by atoms with Gasteiger partial charge in [-0.05, 0) is 53.3 Å². The second-order valence-corrected chi connectivity index (χ2v) is 5.50. The molecule has 0 fully saturated rings. The van der Waals surface area contributed by atoms with Gasteiger partial charge in [-0.3, -0.25) is 9.78 Å². The van der Waals surface area contributed by atoms with Crippen molar-refractivity contribution in [3.63, 3.8) is 0 Å². The number of pyridine rings is 1. The molecule has 3 nitrogen and oxygen atoms in total. The molecule has 1 aromatic carbocycles. The van der Waals surface area contributed by atoms with E-state index in [0.29, 0.717) is 14.7 Å². The number of benzene rings is 1. The molecule has 0 bridgehead atoms. The maximum Gasteiger partial charge on any atom is 0.416 e. The highest BCUT2D eigenvalue weighted by atomic mass is 127. The second-order valence-electron chi connectivity index (χ2n) is 4.34. The minimum Gasteiger partial charge on any atom is -0.322 e. The van der Waals surface area contributed by atoms with Crippen LogP contribution in [-0.2, 0) is 6.18 Å². The number of carbonyl (C=O) groups excluding carboxylic acids is 1. The second kappa shape index (κ2) is 6.00. The highest BCUT2D eigenvalue weighted by molar-refractivity contribution is 14.1. The van der Waals surface area contributed by atoms with Crippen molar-refractivity contribution in [3.8, 4) is 0 Å². The first-order valence-electron chi connectivity index (χ1n) is 5.88. The van der Waals surface area contributed by atoms with Crippen molar-refractivity contribution in [3.05, 3.63) is 56.9 Å². The number of carbonyl (C=O) groups is 1. The van der Waals surface area contributed by atoms with E-state index >= 15 is 0 Å². The van der Waals surface area contributed by atoms with Crippen LogP contribution in [0.15, 0.2) is 36.7 Å². The molecular formula is C14H10F3IN2O. The number of rotatable bonds is 2. The molecule has 7 heteroatoms. The summed E-state index contributed by atoms with van der Waals surface area (Å²) in [6.45, 7) is 1.63. The van der Waals surface area contributed by atoms with Crippen LogP contribution in [0.4, 0.5) is 18.9 Å². The van der Waals surface area contributed by atoms with Crippen LogP contribution < -0.4 is 5.32 Å². The molecule has 0 atom stereocenters. The number of amides is 1. The molecule has 110 valence electrons. The van der Waals surface area contributed by atoms with Gasteiger partial charge >= 0.3 is 6.18 Å². The fraction of sp³-hybridized carbons (Fsp3) is 0.143. The minimum absolute atomic E-state index is 0.141. The highest BCUT2D eigenvalue weighted by Gasteiger charge is 2.31. The Morgan fingerprint density at radius 3 is 2.62 bits per heavy atom. The van der Waals surface area contributed by atoms with Crippen molar-refractivity contribution in [1.82, 2.24) is 4.98 Å². The Balaban J connectivity index is 2.31. The first kappa shape index (κ1) is 15.7. The van der Waals surface area contributed by atoms with E-state index in [1.807, 2.05) is 22.6 Å². The Hall–Kier alpha value is -1.64. The van der Waals surface area contributed by atoms with Crippen molar-refractivity contribution in [2.75, 3.05) is 5.32 Å². The number of hydrogen-bond donors (Lipinski definition) is 1. The van der Waals surface area contributed by atoms with Crippen molar-refractivity contribution < 1.29 is 18.0 Å². The summed E-state index contributed by atoms with van der Waals surface area (Å²) in [5.74, 6) is -0.468. The Kier molecular flexibility index (Phi) is 4.50. The predicted octanol–water partition coefficient (Wildman–Crippen LogP) is 4.27. The number of hydrogen-bond acceptors (Lipinski definition) is 2. The Bertz CT molecular complexity index is 686. The molecule has 0 radical (unpaired) electrons. The number of aromatic nitrogens is 1. The van der Waals surface area contributed by atoms with Crippen LogP contribution in [0.2, 0.25) is 0 Å². The average molecular weight is 406 g/mol. The lowest BCUT2D eigenvalue weighted by atomic mass is 10.1. The molecule has 21 heavy (non-hydrogen) atoms. The summed E-state index contributed by atoms with van der Waals surface area (Å²) in [7, 11) is 0. The van der Waals surface area contributed by atoms with Crippen LogP contribution in [0.1, 0.15) is 21.5 Å². The summed E-state index contributed by atoms with van der Waals surface area (Å²) < 4.78 is 38.7. The maximum absolute atomic E-state index is 12.7. The summed E-state index contributed by atoms with van der Waals surface area (Å²) in [6.07, 6.45) is -1.48. The van der Waals surface area contributed by atoms with Gasteiger partial charge in [0.05, 0.1) is 11.1 Å². The zero-order valence-corrected chi connectivity index (χ0v) is 13.0. The van der Waals surface area contributed by atoms with Gasteiger partial charge in [-0.25, -0.2) is 0 Å². The maximum atomic E-state index is 12.7. The first-order chi connectivity index (χ1) is 9.79. The number of halogens is 4. The van der Waals surface area contributed by atoms with Gasteiger partial charge in [0.1, 0.15) is 0 Å². The van der Waals surface area contributed by atoms with E-state index < -0.39 is 17.6 Å². The van der Waals surface area contributed by atoms with Gasteiger partial charge in [0.25, 0.3) is 5.91 Å². The van der Waals surface area contributed by atoms with Crippen LogP contribution in [0.3, 0.4) is 0 Å². The number of aryl methyl sites for hydroxylation is 1. The first-order valence-corrected chi connectivity index (χ1v) is 6.95. The van der Waals surface area contributed by atoms with E-state index in [2.05, 4.69) is 10.3 Å². The number of nitrogens with zero attached hydrogens (tertiary/aromatic N) is 1. The minimum atomic E-state index is -4.45. The lowest BCUT2D eigenvalue weighted by molar-refractivity contribution is -0.137. The third-order valence-corrected chi connectivity index (χ3v) is 3.69. The van der Waals surface area contributed by atoms with Gasteiger partial charge in [-0.15, -0.1) is 0 Å². The van der Waals surface area contributed by atoms with Crippen LogP contribution in [-0.4, -0.2) is 10.9 Å². The zero-order chi connectivity index (χ0) is 15.6. The molecule has 0 aliphatic rings. The van der Waals surface area contributed by atoms with E-state index in [1.54, 1.807) is 6.92 Å². The Labute approximate surface area is 132 Å². The molecule has 0 unspecified atom stereocenters. The molecule has 0 saturated carbocycles. The van der Waals surface area contributed by atoms with Crippen LogP contribution >= 0.6 is 22.6 Å². The molecule has 0 aliphatic heterocycles. The number of anilines is 1. The molecule has 2 aromatic rings. The molecule has 1 heterocycles. The lowest BCUT2D eigenvalue weighted by Crippen LogP contribution is -2.15. The third-order valence-electron chi connectivity index (χ3n) is 2.83. The van der Waals surface area contributed by atoms with E-state index in [9.17, 15) is 18.0 Å². The number of alkyl halides is 3. The molecule has 2 rings (SSSR count). The van der Waals surface area contributed by atoms with Crippen molar-refractivity contribution in [1.29, 1.82) is 0 Å². The highest BCUT2D eigenvalue weighted by Crippen LogP contribution is 2.32. The SMILES string of the molecule is Cc1ccc(C(F)(F)F)cc1NC(=O)c1ccncc1I. The quantitative estimate of drug-likeness (QED) is 0.758. The summed E-state index contributed by atoms with van der Waals surface area (Å²) in [5, 5.41) is 2.51. The Morgan fingerprint density at radius 1 is 1.29 bits per heavy atom. The molecule has 1 amide bonds. The van der Waals surface area contributed by atoms with Gasteiger partial charge in [0.15, 0.2) is 0 Å². The fourth-order valence-corrected chi connectivity index (χ4v) is 2.27. The molecule has 0 aliphatic carbocycles. The van der Waals surface area contributed by atoms with Crippen LogP contribution in [0, 0.1) is 10.5 Å². The summed E-state index contributed by atoms with van der Waals surface area (Å²) in [6, 6.07) is 4.76.